The predicted molar refractivity (Wildman–Crippen MR) is 130 cm³/mol. The molecule has 160 valence electrons. The topological polar surface area (TPSA) is 35.8 Å². The first-order chi connectivity index (χ1) is 14.3. The average Bonchev–Trinajstić information content (AvgIpc) is 2.70. The van der Waals surface area contributed by atoms with Gasteiger partial charge in [-0.2, -0.15) is 5.26 Å². The van der Waals surface area contributed by atoms with Gasteiger partial charge in [-0.05, 0) is 88.2 Å². The van der Waals surface area contributed by atoms with E-state index in [0.29, 0.717) is 5.92 Å². The molecule has 2 aromatic rings. The van der Waals surface area contributed by atoms with Crippen LogP contribution in [0, 0.1) is 50.4 Å². The number of aryl methyl sites for hydroxylation is 3. The maximum atomic E-state index is 10.0. The lowest BCUT2D eigenvalue weighted by atomic mass is 9.69. The molecule has 0 aliphatic heterocycles. The fraction of sp³-hybridized carbons (Fsp3) is 0.464. The van der Waals surface area contributed by atoms with Gasteiger partial charge in [-0.1, -0.05) is 61.9 Å². The van der Waals surface area contributed by atoms with E-state index in [1.54, 1.807) is 6.92 Å². The Morgan fingerprint density at radius 2 is 1.73 bits per heavy atom. The summed E-state index contributed by atoms with van der Waals surface area (Å²) in [5, 5.41) is 13.6. The monoisotopic (exact) mass is 402 g/mol. The van der Waals surface area contributed by atoms with E-state index >= 15 is 0 Å². The van der Waals surface area contributed by atoms with Gasteiger partial charge in [0.25, 0.3) is 0 Å². The van der Waals surface area contributed by atoms with E-state index < -0.39 is 5.41 Å². The molecule has 0 saturated heterocycles. The minimum absolute atomic E-state index is 0.292. The highest BCUT2D eigenvalue weighted by Gasteiger charge is 2.35. The third kappa shape index (κ3) is 7.37. The van der Waals surface area contributed by atoms with Crippen LogP contribution in [-0.2, 0) is 11.8 Å². The van der Waals surface area contributed by atoms with E-state index in [1.165, 1.54) is 22.3 Å². The molecule has 2 rings (SSSR count). The Hall–Kier alpha value is -2.55. The molecule has 0 bridgehead atoms. The lowest BCUT2D eigenvalue weighted by Gasteiger charge is -2.31. The summed E-state index contributed by atoms with van der Waals surface area (Å²) < 4.78 is 0. The minimum Gasteiger partial charge on any atom is -0.316 e. The highest BCUT2D eigenvalue weighted by atomic mass is 14.8. The number of benzene rings is 2. The summed E-state index contributed by atoms with van der Waals surface area (Å²) in [7, 11) is 0. The van der Waals surface area contributed by atoms with Crippen LogP contribution in [-0.4, -0.2) is 13.1 Å². The summed E-state index contributed by atoms with van der Waals surface area (Å²) in [6.07, 6.45) is 7.54. The first-order valence-corrected chi connectivity index (χ1v) is 10.9. The second-order valence-electron chi connectivity index (χ2n) is 8.42. The maximum absolute atomic E-state index is 10.0. The van der Waals surface area contributed by atoms with Crippen molar-refractivity contribution in [3.05, 3.63) is 70.3 Å². The average molecular weight is 403 g/mol. The summed E-state index contributed by atoms with van der Waals surface area (Å²) in [6.45, 7) is 14.3. The normalized spacial score (nSPS) is 12.3. The SMILES string of the molecule is C#CC.Cc1cccc(C(C#N)(CCCNCCc2ccc(C)c(C)c2)C(C)C)c1. The van der Waals surface area contributed by atoms with Crippen LogP contribution in [0.3, 0.4) is 0 Å². The number of rotatable bonds is 9. The number of nitriles is 1. The third-order valence-electron chi connectivity index (χ3n) is 5.80. The molecule has 0 aromatic heterocycles. The molecular formula is C28H38N2. The van der Waals surface area contributed by atoms with Crippen molar-refractivity contribution >= 4 is 0 Å². The van der Waals surface area contributed by atoms with Crippen molar-refractivity contribution in [1.29, 1.82) is 5.26 Å². The van der Waals surface area contributed by atoms with Crippen molar-refractivity contribution in [3.8, 4) is 18.4 Å². The van der Waals surface area contributed by atoms with Crippen LogP contribution in [0.25, 0.3) is 0 Å². The molecule has 0 fully saturated rings. The Bertz CT molecular complexity index is 867. The number of nitrogens with zero attached hydrogens (tertiary/aromatic N) is 1. The molecule has 0 spiro atoms. The van der Waals surface area contributed by atoms with E-state index in [4.69, 9.17) is 0 Å². The molecule has 0 aliphatic carbocycles. The smallest absolute Gasteiger partial charge is 0.0845 e. The molecule has 0 aliphatic rings. The molecule has 30 heavy (non-hydrogen) atoms. The van der Waals surface area contributed by atoms with Crippen LogP contribution >= 0.6 is 0 Å². The first-order valence-electron chi connectivity index (χ1n) is 10.9. The van der Waals surface area contributed by atoms with Gasteiger partial charge >= 0.3 is 0 Å². The number of hydrogen-bond donors (Lipinski definition) is 1. The zero-order valence-corrected chi connectivity index (χ0v) is 19.7. The predicted octanol–water partition coefficient (Wildman–Crippen LogP) is 6.28. The number of nitrogens with one attached hydrogen (secondary N) is 1. The number of terminal acetylenes is 1. The summed E-state index contributed by atoms with van der Waals surface area (Å²) in [5.41, 5.74) is 6.08. The minimum atomic E-state index is -0.401. The third-order valence-corrected chi connectivity index (χ3v) is 5.80. The van der Waals surface area contributed by atoms with E-state index in [-0.39, 0.29) is 0 Å². The van der Waals surface area contributed by atoms with E-state index in [1.807, 2.05) is 0 Å². The zero-order chi connectivity index (χ0) is 22.6. The Morgan fingerprint density at radius 1 is 1.03 bits per heavy atom. The van der Waals surface area contributed by atoms with Crippen LogP contribution < -0.4 is 5.32 Å². The van der Waals surface area contributed by atoms with E-state index in [0.717, 1.165) is 37.9 Å². The molecular weight excluding hydrogens is 364 g/mol. The Labute approximate surface area is 184 Å². The molecule has 0 amide bonds. The van der Waals surface area contributed by atoms with Gasteiger partial charge in [0.05, 0.1) is 11.5 Å². The summed E-state index contributed by atoms with van der Waals surface area (Å²) >= 11 is 0. The summed E-state index contributed by atoms with van der Waals surface area (Å²) in [4.78, 5) is 0. The Kier molecular flexibility index (Phi) is 11.0. The fourth-order valence-electron chi connectivity index (χ4n) is 3.75. The lowest BCUT2D eigenvalue weighted by Crippen LogP contribution is -2.32. The van der Waals surface area contributed by atoms with Crippen molar-refractivity contribution in [2.45, 2.75) is 66.2 Å². The van der Waals surface area contributed by atoms with Crippen molar-refractivity contribution in [2.75, 3.05) is 13.1 Å². The van der Waals surface area contributed by atoms with Crippen LogP contribution in [0.4, 0.5) is 0 Å². The van der Waals surface area contributed by atoms with Gasteiger partial charge in [-0.25, -0.2) is 0 Å². The quantitative estimate of drug-likeness (QED) is 0.396. The maximum Gasteiger partial charge on any atom is 0.0845 e. The first kappa shape index (κ1) is 25.5. The molecule has 2 aromatic carbocycles. The number of hydrogen-bond acceptors (Lipinski definition) is 2. The molecule has 0 saturated carbocycles. The molecule has 2 nitrogen and oxygen atoms in total. The second kappa shape index (κ2) is 12.9. The van der Waals surface area contributed by atoms with Crippen LogP contribution in [0.1, 0.15) is 61.4 Å². The van der Waals surface area contributed by atoms with Gasteiger partial charge in [0.15, 0.2) is 0 Å². The molecule has 0 radical (unpaired) electrons. The largest absolute Gasteiger partial charge is 0.316 e. The molecule has 1 unspecified atom stereocenters. The van der Waals surface area contributed by atoms with E-state index in [9.17, 15) is 5.26 Å². The molecule has 1 N–H and O–H groups in total. The van der Waals surface area contributed by atoms with Crippen molar-refractivity contribution in [1.82, 2.24) is 5.32 Å². The van der Waals surface area contributed by atoms with Gasteiger partial charge in [-0.3, -0.25) is 0 Å². The molecule has 2 heteroatoms. The van der Waals surface area contributed by atoms with Crippen molar-refractivity contribution in [3.63, 3.8) is 0 Å². The Morgan fingerprint density at radius 3 is 2.30 bits per heavy atom. The van der Waals surface area contributed by atoms with Gasteiger partial charge in [0, 0.05) is 0 Å². The van der Waals surface area contributed by atoms with Crippen LogP contribution in [0.5, 0.6) is 0 Å². The zero-order valence-electron chi connectivity index (χ0n) is 19.7. The van der Waals surface area contributed by atoms with Gasteiger partial charge < -0.3 is 5.32 Å². The van der Waals surface area contributed by atoms with Crippen molar-refractivity contribution < 1.29 is 0 Å². The highest BCUT2D eigenvalue weighted by molar-refractivity contribution is 5.36. The second-order valence-corrected chi connectivity index (χ2v) is 8.42. The summed E-state index contributed by atoms with van der Waals surface area (Å²) in [6, 6.07) is 17.8. The fourth-order valence-corrected chi connectivity index (χ4v) is 3.75. The standard InChI is InChI=1S/C25H34N2.C3H4/c1-19(2)25(18-26,24-9-6-8-20(3)16-24)13-7-14-27-15-12-23-11-10-21(4)22(5)17-23;1-3-2/h6,8-11,16-17,19,27H,7,12-15H2,1-5H3;1H,2H3. The van der Waals surface area contributed by atoms with Gasteiger partial charge in [0.1, 0.15) is 0 Å². The molecule has 0 heterocycles. The van der Waals surface area contributed by atoms with E-state index in [2.05, 4.69) is 101 Å². The Balaban J connectivity index is 0.00000141. The van der Waals surface area contributed by atoms with Gasteiger partial charge in [-0.15, -0.1) is 12.3 Å². The van der Waals surface area contributed by atoms with Crippen LogP contribution in [0.15, 0.2) is 42.5 Å². The lowest BCUT2D eigenvalue weighted by molar-refractivity contribution is 0.356. The van der Waals surface area contributed by atoms with Crippen LogP contribution in [0.2, 0.25) is 0 Å². The van der Waals surface area contributed by atoms with Gasteiger partial charge in [0.2, 0.25) is 0 Å². The summed E-state index contributed by atoms with van der Waals surface area (Å²) in [5.74, 6) is 2.54. The highest BCUT2D eigenvalue weighted by Crippen LogP contribution is 2.36. The molecule has 1 atom stereocenters. The van der Waals surface area contributed by atoms with Crippen molar-refractivity contribution in [2.24, 2.45) is 5.92 Å².